The largest absolute Gasteiger partial charge is 0.492 e. The lowest BCUT2D eigenvalue weighted by atomic mass is 9.90. The number of benzene rings is 1. The van der Waals surface area contributed by atoms with Gasteiger partial charge in [0.15, 0.2) is 0 Å². The molecule has 0 aromatic heterocycles. The number of rotatable bonds is 5. The van der Waals surface area contributed by atoms with Gasteiger partial charge < -0.3 is 15.4 Å². The van der Waals surface area contributed by atoms with E-state index in [1.54, 1.807) is 0 Å². The van der Waals surface area contributed by atoms with Crippen molar-refractivity contribution in [3.05, 3.63) is 29.8 Å². The summed E-state index contributed by atoms with van der Waals surface area (Å²) in [6, 6.07) is 8.96. The van der Waals surface area contributed by atoms with Gasteiger partial charge in [-0.1, -0.05) is 12.1 Å². The summed E-state index contributed by atoms with van der Waals surface area (Å²) in [6.07, 6.45) is 2.38. The van der Waals surface area contributed by atoms with Crippen molar-refractivity contribution in [1.29, 1.82) is 0 Å². The lowest BCUT2D eigenvalue weighted by molar-refractivity contribution is 0.123. The van der Waals surface area contributed by atoms with E-state index in [0.29, 0.717) is 18.6 Å². The normalized spacial score (nSPS) is 19.2. The number of hydrogen-bond donors (Lipinski definition) is 1. The molecular formula is C17H28N2O. The summed E-state index contributed by atoms with van der Waals surface area (Å²) in [5.74, 6) is 1.52. The number of likely N-dealkylation sites (tertiary alicyclic amines) is 1. The molecule has 1 atom stereocenters. The van der Waals surface area contributed by atoms with E-state index in [1.165, 1.54) is 31.5 Å². The van der Waals surface area contributed by atoms with Crippen LogP contribution in [0.1, 0.15) is 32.3 Å². The molecule has 1 aromatic rings. The van der Waals surface area contributed by atoms with Gasteiger partial charge in [-0.25, -0.2) is 0 Å². The van der Waals surface area contributed by atoms with Crippen LogP contribution >= 0.6 is 0 Å². The van der Waals surface area contributed by atoms with Gasteiger partial charge in [-0.05, 0) is 70.3 Å². The Balaban J connectivity index is 1.77. The quantitative estimate of drug-likeness (QED) is 0.898. The van der Waals surface area contributed by atoms with Crippen molar-refractivity contribution in [1.82, 2.24) is 4.90 Å². The molecule has 2 rings (SSSR count). The minimum Gasteiger partial charge on any atom is -0.492 e. The predicted molar refractivity (Wildman–Crippen MR) is 84.1 cm³/mol. The fourth-order valence-corrected chi connectivity index (χ4v) is 2.90. The molecule has 1 aromatic carbocycles. The number of nitrogens with zero attached hydrogens (tertiary/aromatic N) is 1. The Bertz CT molecular complexity index is 411. The van der Waals surface area contributed by atoms with Crippen LogP contribution in [0.2, 0.25) is 0 Å². The van der Waals surface area contributed by atoms with Crippen molar-refractivity contribution in [3.8, 4) is 5.75 Å². The Morgan fingerprint density at radius 3 is 2.60 bits per heavy atom. The van der Waals surface area contributed by atoms with Crippen molar-refractivity contribution in [2.45, 2.75) is 45.7 Å². The van der Waals surface area contributed by atoms with Gasteiger partial charge in [0.1, 0.15) is 12.4 Å². The zero-order valence-electron chi connectivity index (χ0n) is 13.0. The van der Waals surface area contributed by atoms with Gasteiger partial charge in [-0.3, -0.25) is 0 Å². The van der Waals surface area contributed by atoms with E-state index in [4.69, 9.17) is 10.5 Å². The van der Waals surface area contributed by atoms with Crippen LogP contribution in [0, 0.1) is 12.8 Å². The van der Waals surface area contributed by atoms with Gasteiger partial charge in [-0.15, -0.1) is 0 Å². The Hall–Kier alpha value is -1.06. The Labute approximate surface area is 123 Å². The number of ether oxygens (including phenoxy) is 1. The van der Waals surface area contributed by atoms with E-state index in [2.05, 4.69) is 37.8 Å². The highest BCUT2D eigenvalue weighted by Crippen LogP contribution is 2.22. The molecule has 0 spiro atoms. The summed E-state index contributed by atoms with van der Waals surface area (Å²) in [5.41, 5.74) is 7.54. The van der Waals surface area contributed by atoms with Gasteiger partial charge in [0.2, 0.25) is 0 Å². The summed E-state index contributed by atoms with van der Waals surface area (Å²) in [7, 11) is 0. The predicted octanol–water partition coefficient (Wildman–Crippen LogP) is 2.82. The summed E-state index contributed by atoms with van der Waals surface area (Å²) < 4.78 is 5.84. The van der Waals surface area contributed by atoms with Gasteiger partial charge in [0.05, 0.1) is 0 Å². The fraction of sp³-hybridized carbons (Fsp3) is 0.647. The van der Waals surface area contributed by atoms with E-state index in [1.807, 2.05) is 12.1 Å². The van der Waals surface area contributed by atoms with Crippen molar-refractivity contribution in [2.24, 2.45) is 11.7 Å². The van der Waals surface area contributed by atoms with Crippen LogP contribution in [0.15, 0.2) is 24.3 Å². The van der Waals surface area contributed by atoms with Crippen LogP contribution in [0.5, 0.6) is 5.75 Å². The molecule has 0 amide bonds. The van der Waals surface area contributed by atoms with Gasteiger partial charge >= 0.3 is 0 Å². The molecular weight excluding hydrogens is 248 g/mol. The molecule has 1 unspecified atom stereocenters. The molecule has 112 valence electrons. The van der Waals surface area contributed by atoms with Crippen LogP contribution < -0.4 is 10.5 Å². The second-order valence-electron chi connectivity index (χ2n) is 6.26. The highest BCUT2D eigenvalue weighted by molar-refractivity contribution is 5.27. The number of aryl methyl sites for hydroxylation is 1. The first-order valence-electron chi connectivity index (χ1n) is 7.75. The van der Waals surface area contributed by atoms with E-state index in [0.717, 1.165) is 5.75 Å². The van der Waals surface area contributed by atoms with Gasteiger partial charge in [0.25, 0.3) is 0 Å². The van der Waals surface area contributed by atoms with E-state index in [-0.39, 0.29) is 6.04 Å². The van der Waals surface area contributed by atoms with Gasteiger partial charge in [-0.2, -0.15) is 0 Å². The topological polar surface area (TPSA) is 38.5 Å². The average Bonchev–Trinajstić information content (AvgIpc) is 2.45. The highest BCUT2D eigenvalue weighted by atomic mass is 16.5. The molecule has 3 heteroatoms. The van der Waals surface area contributed by atoms with Crippen LogP contribution in [0.4, 0.5) is 0 Å². The van der Waals surface area contributed by atoms with E-state index in [9.17, 15) is 0 Å². The molecule has 0 radical (unpaired) electrons. The monoisotopic (exact) mass is 276 g/mol. The first-order chi connectivity index (χ1) is 9.56. The zero-order valence-corrected chi connectivity index (χ0v) is 13.0. The molecule has 0 saturated carbocycles. The fourth-order valence-electron chi connectivity index (χ4n) is 2.90. The average molecular weight is 276 g/mol. The Morgan fingerprint density at radius 2 is 2.00 bits per heavy atom. The summed E-state index contributed by atoms with van der Waals surface area (Å²) in [4.78, 5) is 2.53. The minimum atomic E-state index is 0.143. The molecule has 2 N–H and O–H groups in total. The highest BCUT2D eigenvalue weighted by Gasteiger charge is 2.25. The molecule has 3 nitrogen and oxygen atoms in total. The molecule has 20 heavy (non-hydrogen) atoms. The first-order valence-corrected chi connectivity index (χ1v) is 7.75. The molecule has 0 aliphatic carbocycles. The third-order valence-corrected chi connectivity index (χ3v) is 4.34. The Morgan fingerprint density at radius 1 is 1.30 bits per heavy atom. The van der Waals surface area contributed by atoms with Crippen molar-refractivity contribution in [3.63, 3.8) is 0 Å². The summed E-state index contributed by atoms with van der Waals surface area (Å²) in [6.45, 7) is 9.56. The Kier molecular flexibility index (Phi) is 5.44. The zero-order chi connectivity index (χ0) is 14.5. The van der Waals surface area contributed by atoms with E-state index < -0.39 is 0 Å². The van der Waals surface area contributed by atoms with Gasteiger partial charge in [0, 0.05) is 12.1 Å². The molecule has 1 fully saturated rings. The molecule has 1 aliphatic rings. The molecule has 0 bridgehead atoms. The molecule has 1 aliphatic heterocycles. The minimum absolute atomic E-state index is 0.143. The molecule has 1 heterocycles. The van der Waals surface area contributed by atoms with Crippen LogP contribution in [-0.2, 0) is 0 Å². The third kappa shape index (κ3) is 4.22. The first kappa shape index (κ1) is 15.3. The maximum atomic E-state index is 6.31. The summed E-state index contributed by atoms with van der Waals surface area (Å²) >= 11 is 0. The second kappa shape index (κ2) is 7.09. The number of hydrogen-bond acceptors (Lipinski definition) is 3. The molecule has 1 saturated heterocycles. The smallest absolute Gasteiger partial charge is 0.119 e. The standard InChI is InChI=1S/C17H28N2O/c1-13(2)19-9-7-15(8-10-19)17(18)12-20-16-6-4-5-14(3)11-16/h4-6,11,13,15,17H,7-10,12,18H2,1-3H3. The maximum Gasteiger partial charge on any atom is 0.119 e. The van der Waals surface area contributed by atoms with Crippen molar-refractivity contribution < 1.29 is 4.74 Å². The summed E-state index contributed by atoms with van der Waals surface area (Å²) in [5, 5.41) is 0. The SMILES string of the molecule is Cc1cccc(OCC(N)C2CCN(C(C)C)CC2)c1. The second-order valence-corrected chi connectivity index (χ2v) is 6.26. The van der Waals surface area contributed by atoms with Crippen LogP contribution in [0.25, 0.3) is 0 Å². The lowest BCUT2D eigenvalue weighted by Gasteiger charge is -2.36. The van der Waals surface area contributed by atoms with E-state index >= 15 is 0 Å². The van der Waals surface area contributed by atoms with Crippen molar-refractivity contribution >= 4 is 0 Å². The third-order valence-electron chi connectivity index (χ3n) is 4.34. The lowest BCUT2D eigenvalue weighted by Crippen LogP contribution is -2.45. The number of piperidine rings is 1. The maximum absolute atomic E-state index is 6.31. The van der Waals surface area contributed by atoms with Crippen LogP contribution in [-0.4, -0.2) is 36.7 Å². The van der Waals surface area contributed by atoms with Crippen molar-refractivity contribution in [2.75, 3.05) is 19.7 Å². The van der Waals surface area contributed by atoms with Crippen LogP contribution in [0.3, 0.4) is 0 Å². The number of nitrogens with two attached hydrogens (primary N) is 1.